The summed E-state index contributed by atoms with van der Waals surface area (Å²) in [4.78, 5) is 12.6. The first-order valence-corrected chi connectivity index (χ1v) is 9.12. The van der Waals surface area contributed by atoms with Crippen molar-refractivity contribution in [3.8, 4) is 11.1 Å². The molecule has 3 rings (SSSR count). The van der Waals surface area contributed by atoms with Gasteiger partial charge in [0, 0.05) is 33.4 Å². The highest BCUT2D eigenvalue weighted by Crippen LogP contribution is 2.33. The molecule has 1 amide bonds. The van der Waals surface area contributed by atoms with Gasteiger partial charge in [0.25, 0.3) is 5.91 Å². The van der Waals surface area contributed by atoms with Crippen LogP contribution in [-0.2, 0) is 13.7 Å². The van der Waals surface area contributed by atoms with E-state index in [4.69, 9.17) is 0 Å². The highest BCUT2D eigenvalue weighted by atomic mass is 79.9. The van der Waals surface area contributed by atoms with Gasteiger partial charge in [-0.3, -0.25) is 9.48 Å². The SMILES string of the molecule is Cn1cc(C(=O)Nc2ccc(F)cc2-c2cc(Br)cc(Br)c2)c(CF)n1. The smallest absolute Gasteiger partial charge is 0.259 e. The molecule has 4 nitrogen and oxygen atoms in total. The van der Waals surface area contributed by atoms with Crippen LogP contribution >= 0.6 is 31.9 Å². The van der Waals surface area contributed by atoms with E-state index in [1.54, 1.807) is 7.05 Å². The zero-order valence-corrected chi connectivity index (χ0v) is 16.7. The number of benzene rings is 2. The Hall–Kier alpha value is -2.06. The number of hydrogen-bond acceptors (Lipinski definition) is 2. The molecule has 0 aliphatic rings. The summed E-state index contributed by atoms with van der Waals surface area (Å²) >= 11 is 6.80. The van der Waals surface area contributed by atoms with E-state index in [1.807, 2.05) is 18.2 Å². The number of aryl methyl sites for hydroxylation is 1. The molecule has 0 fully saturated rings. The number of aromatic nitrogens is 2. The molecular formula is C18H13Br2F2N3O. The van der Waals surface area contributed by atoms with Crippen molar-refractivity contribution >= 4 is 43.5 Å². The van der Waals surface area contributed by atoms with Crippen LogP contribution in [0.25, 0.3) is 11.1 Å². The molecule has 0 aliphatic carbocycles. The Bertz CT molecular complexity index is 968. The van der Waals surface area contributed by atoms with Crippen LogP contribution in [0.3, 0.4) is 0 Å². The van der Waals surface area contributed by atoms with Crippen LogP contribution in [0.1, 0.15) is 16.1 Å². The van der Waals surface area contributed by atoms with E-state index in [9.17, 15) is 13.6 Å². The van der Waals surface area contributed by atoms with Crippen molar-refractivity contribution in [3.63, 3.8) is 0 Å². The van der Waals surface area contributed by atoms with Gasteiger partial charge >= 0.3 is 0 Å². The van der Waals surface area contributed by atoms with Crippen LogP contribution in [0.2, 0.25) is 0 Å². The summed E-state index contributed by atoms with van der Waals surface area (Å²) in [5, 5.41) is 6.64. The summed E-state index contributed by atoms with van der Waals surface area (Å²) in [7, 11) is 1.61. The first kappa shape index (κ1) is 18.7. The lowest BCUT2D eigenvalue weighted by molar-refractivity contribution is 0.102. The molecule has 134 valence electrons. The highest BCUT2D eigenvalue weighted by Gasteiger charge is 2.18. The van der Waals surface area contributed by atoms with Gasteiger partial charge in [0.2, 0.25) is 0 Å². The molecule has 0 spiro atoms. The zero-order chi connectivity index (χ0) is 18.8. The lowest BCUT2D eigenvalue weighted by Crippen LogP contribution is -2.14. The second-order valence-electron chi connectivity index (χ2n) is 5.60. The van der Waals surface area contributed by atoms with Crippen molar-refractivity contribution in [2.24, 2.45) is 7.05 Å². The van der Waals surface area contributed by atoms with Gasteiger partial charge in [-0.25, -0.2) is 8.78 Å². The fourth-order valence-corrected chi connectivity index (χ4v) is 3.88. The minimum Gasteiger partial charge on any atom is -0.321 e. The molecule has 1 N–H and O–H groups in total. The third-order valence-corrected chi connectivity index (χ3v) is 4.60. The first-order chi connectivity index (χ1) is 12.4. The number of carbonyl (C=O) groups is 1. The van der Waals surface area contributed by atoms with Gasteiger partial charge in [-0.2, -0.15) is 5.10 Å². The van der Waals surface area contributed by atoms with Crippen LogP contribution in [0.4, 0.5) is 14.5 Å². The predicted molar refractivity (Wildman–Crippen MR) is 103 cm³/mol. The average molecular weight is 485 g/mol. The Morgan fingerprint density at radius 3 is 2.54 bits per heavy atom. The van der Waals surface area contributed by atoms with Gasteiger partial charge < -0.3 is 5.32 Å². The molecule has 0 atom stereocenters. The van der Waals surface area contributed by atoms with Crippen LogP contribution in [-0.4, -0.2) is 15.7 Å². The van der Waals surface area contributed by atoms with Crippen LogP contribution in [0.15, 0.2) is 51.5 Å². The fraction of sp³-hybridized carbons (Fsp3) is 0.111. The summed E-state index contributed by atoms with van der Waals surface area (Å²) in [6.45, 7) is -0.849. The lowest BCUT2D eigenvalue weighted by atomic mass is 10.0. The Morgan fingerprint density at radius 1 is 1.19 bits per heavy atom. The van der Waals surface area contributed by atoms with Gasteiger partial charge in [-0.1, -0.05) is 31.9 Å². The van der Waals surface area contributed by atoms with Crippen molar-refractivity contribution in [1.29, 1.82) is 0 Å². The third kappa shape index (κ3) is 4.02. The minimum atomic E-state index is -0.849. The normalized spacial score (nSPS) is 10.8. The van der Waals surface area contributed by atoms with Gasteiger partial charge in [0.15, 0.2) is 0 Å². The number of carbonyl (C=O) groups excluding carboxylic acids is 1. The Balaban J connectivity index is 2.02. The Morgan fingerprint density at radius 2 is 1.88 bits per heavy atom. The van der Waals surface area contributed by atoms with Crippen molar-refractivity contribution in [2.75, 3.05) is 5.32 Å². The zero-order valence-electron chi connectivity index (χ0n) is 13.6. The lowest BCUT2D eigenvalue weighted by Gasteiger charge is -2.12. The summed E-state index contributed by atoms with van der Waals surface area (Å²) in [6.07, 6.45) is 1.45. The van der Waals surface area contributed by atoms with E-state index < -0.39 is 18.4 Å². The van der Waals surface area contributed by atoms with Gasteiger partial charge in [0.1, 0.15) is 18.2 Å². The molecule has 8 heteroatoms. The van der Waals surface area contributed by atoms with Crippen molar-refractivity contribution < 1.29 is 13.6 Å². The van der Waals surface area contributed by atoms with Gasteiger partial charge in [-0.05, 0) is 42.0 Å². The number of alkyl halides is 1. The van der Waals surface area contributed by atoms with E-state index in [-0.39, 0.29) is 11.3 Å². The first-order valence-electron chi connectivity index (χ1n) is 7.53. The molecule has 0 aliphatic heterocycles. The number of anilines is 1. The van der Waals surface area contributed by atoms with Gasteiger partial charge in [0.05, 0.1) is 5.56 Å². The van der Waals surface area contributed by atoms with E-state index in [1.165, 1.54) is 29.1 Å². The van der Waals surface area contributed by atoms with E-state index in [0.29, 0.717) is 16.8 Å². The Kier molecular flexibility index (Phi) is 5.52. The summed E-state index contributed by atoms with van der Waals surface area (Å²) in [6, 6.07) is 9.54. The standard InChI is InChI=1S/C18H13Br2F2N3O/c1-25-9-15(17(8-21)24-25)18(26)23-16-3-2-13(22)7-14(16)10-4-11(19)6-12(20)5-10/h2-7,9H,8H2,1H3,(H,23,26). The third-order valence-electron chi connectivity index (χ3n) is 3.68. The van der Waals surface area contributed by atoms with E-state index in [0.717, 1.165) is 8.95 Å². The number of halogens is 4. The molecule has 2 aromatic carbocycles. The molecular weight excluding hydrogens is 472 g/mol. The van der Waals surface area contributed by atoms with Crippen molar-refractivity contribution in [1.82, 2.24) is 9.78 Å². The highest BCUT2D eigenvalue weighted by molar-refractivity contribution is 9.11. The van der Waals surface area contributed by atoms with Crippen LogP contribution in [0, 0.1) is 5.82 Å². The molecule has 0 saturated heterocycles. The van der Waals surface area contributed by atoms with E-state index >= 15 is 0 Å². The molecule has 0 bridgehead atoms. The number of rotatable bonds is 4. The second kappa shape index (κ2) is 7.67. The Labute approximate surface area is 165 Å². The summed E-state index contributed by atoms with van der Waals surface area (Å²) < 4.78 is 29.9. The minimum absolute atomic E-state index is 0.0545. The van der Waals surface area contributed by atoms with Crippen molar-refractivity contribution in [3.05, 3.63) is 68.6 Å². The van der Waals surface area contributed by atoms with Gasteiger partial charge in [-0.15, -0.1) is 0 Å². The quantitative estimate of drug-likeness (QED) is 0.533. The average Bonchev–Trinajstić information content (AvgIpc) is 2.96. The number of nitrogens with one attached hydrogen (secondary N) is 1. The topological polar surface area (TPSA) is 46.9 Å². The molecule has 3 aromatic rings. The molecule has 1 heterocycles. The molecule has 0 saturated carbocycles. The number of nitrogens with zero attached hydrogens (tertiary/aromatic N) is 2. The fourth-order valence-electron chi connectivity index (χ4n) is 2.59. The monoisotopic (exact) mass is 483 g/mol. The van der Waals surface area contributed by atoms with Crippen LogP contribution < -0.4 is 5.32 Å². The van der Waals surface area contributed by atoms with Crippen LogP contribution in [0.5, 0.6) is 0 Å². The largest absolute Gasteiger partial charge is 0.321 e. The summed E-state index contributed by atoms with van der Waals surface area (Å²) in [5.41, 5.74) is 1.82. The molecule has 1 aromatic heterocycles. The number of hydrogen-bond donors (Lipinski definition) is 1. The second-order valence-corrected chi connectivity index (χ2v) is 7.43. The maximum atomic E-state index is 13.8. The predicted octanol–water partition coefficient (Wildman–Crippen LogP) is 5.47. The molecule has 0 radical (unpaired) electrons. The molecule has 26 heavy (non-hydrogen) atoms. The maximum Gasteiger partial charge on any atom is 0.259 e. The van der Waals surface area contributed by atoms with Crippen molar-refractivity contribution in [2.45, 2.75) is 6.67 Å². The summed E-state index contributed by atoms with van der Waals surface area (Å²) in [5.74, 6) is -0.937. The maximum absolute atomic E-state index is 13.8. The van der Waals surface area contributed by atoms with E-state index in [2.05, 4.69) is 42.3 Å². The number of amides is 1. The molecule has 0 unspecified atom stereocenters.